The van der Waals surface area contributed by atoms with E-state index in [1.54, 1.807) is 6.07 Å². The summed E-state index contributed by atoms with van der Waals surface area (Å²) in [5.41, 5.74) is -1.49. The molecule has 1 rings (SSSR count). The monoisotopic (exact) mass is 344 g/mol. The van der Waals surface area contributed by atoms with Crippen molar-refractivity contribution in [2.75, 3.05) is 7.05 Å². The molecule has 0 radical (unpaired) electrons. The van der Waals surface area contributed by atoms with Gasteiger partial charge in [-0.1, -0.05) is 12.1 Å². The Balaban J connectivity index is 3.26. The zero-order chi connectivity index (χ0) is 15.5. The van der Waals surface area contributed by atoms with Crippen LogP contribution in [-0.2, 0) is 16.0 Å². The van der Waals surface area contributed by atoms with E-state index in [1.807, 2.05) is 0 Å². The van der Waals surface area contributed by atoms with Gasteiger partial charge >= 0.3 is 5.97 Å². The summed E-state index contributed by atoms with van der Waals surface area (Å²) in [4.78, 5) is 33.4. The van der Waals surface area contributed by atoms with Crippen LogP contribution in [0.1, 0.15) is 12.5 Å². The number of hydrogen-bond donors (Lipinski definition) is 2. The molecule has 2 N–H and O–H groups in total. The number of hydrogen-bond acceptors (Lipinski definition) is 4. The van der Waals surface area contributed by atoms with Crippen LogP contribution in [0.3, 0.4) is 0 Å². The van der Waals surface area contributed by atoms with Gasteiger partial charge in [-0.05, 0) is 34.8 Å². The topological polar surface area (TPSA) is 110 Å². The van der Waals surface area contributed by atoms with Crippen molar-refractivity contribution in [3.8, 4) is 0 Å². The number of amides is 1. The van der Waals surface area contributed by atoms with Crippen LogP contribution < -0.4 is 5.32 Å². The number of benzene rings is 1. The van der Waals surface area contributed by atoms with Crippen LogP contribution in [0.4, 0.5) is 5.69 Å². The van der Waals surface area contributed by atoms with Gasteiger partial charge in [-0.3, -0.25) is 19.7 Å². The highest BCUT2D eigenvalue weighted by atomic mass is 79.9. The van der Waals surface area contributed by atoms with Crippen molar-refractivity contribution < 1.29 is 19.6 Å². The van der Waals surface area contributed by atoms with Gasteiger partial charge in [-0.2, -0.15) is 0 Å². The van der Waals surface area contributed by atoms with Crippen LogP contribution in [-0.4, -0.2) is 29.0 Å². The third-order valence-corrected chi connectivity index (χ3v) is 3.91. The highest BCUT2D eigenvalue weighted by molar-refractivity contribution is 9.10. The molecule has 0 aliphatic rings. The summed E-state index contributed by atoms with van der Waals surface area (Å²) in [6.45, 7) is 1.28. The van der Waals surface area contributed by atoms with Gasteiger partial charge in [0.05, 0.1) is 9.40 Å². The Bertz CT molecular complexity index is 575. The Morgan fingerprint density at radius 3 is 2.55 bits per heavy atom. The summed E-state index contributed by atoms with van der Waals surface area (Å²) in [7, 11) is 1.34. The molecule has 8 heteroatoms. The van der Waals surface area contributed by atoms with E-state index in [4.69, 9.17) is 0 Å². The van der Waals surface area contributed by atoms with Crippen molar-refractivity contribution in [2.24, 2.45) is 5.41 Å². The summed E-state index contributed by atoms with van der Waals surface area (Å²) in [6, 6.07) is 4.29. The van der Waals surface area contributed by atoms with Crippen molar-refractivity contribution in [3.05, 3.63) is 38.3 Å². The summed E-state index contributed by atoms with van der Waals surface area (Å²) in [5, 5.41) is 22.4. The van der Waals surface area contributed by atoms with Gasteiger partial charge in [0.25, 0.3) is 5.69 Å². The molecule has 0 bridgehead atoms. The maximum Gasteiger partial charge on any atom is 0.319 e. The number of nitrogens with zero attached hydrogens (tertiary/aromatic N) is 1. The van der Waals surface area contributed by atoms with E-state index in [9.17, 15) is 24.8 Å². The van der Waals surface area contributed by atoms with Gasteiger partial charge < -0.3 is 10.4 Å². The number of halogens is 1. The zero-order valence-corrected chi connectivity index (χ0v) is 12.4. The zero-order valence-electron chi connectivity index (χ0n) is 10.8. The number of carboxylic acid groups (broad SMARTS) is 1. The lowest BCUT2D eigenvalue weighted by molar-refractivity contribution is -0.385. The number of carboxylic acids is 1. The Morgan fingerprint density at radius 1 is 1.50 bits per heavy atom. The van der Waals surface area contributed by atoms with Gasteiger partial charge in [0.15, 0.2) is 0 Å². The minimum absolute atomic E-state index is 0.162. The third-order valence-electron chi connectivity index (χ3n) is 3.00. The first-order valence-corrected chi connectivity index (χ1v) is 6.40. The van der Waals surface area contributed by atoms with Crippen molar-refractivity contribution in [3.63, 3.8) is 0 Å². The molecule has 1 aromatic carbocycles. The highest BCUT2D eigenvalue weighted by Crippen LogP contribution is 2.33. The number of rotatable bonds is 5. The summed E-state index contributed by atoms with van der Waals surface area (Å²) in [6.07, 6.45) is -0.162. The van der Waals surface area contributed by atoms with Crippen LogP contribution in [0.5, 0.6) is 0 Å². The molecule has 7 nitrogen and oxygen atoms in total. The molecule has 0 aliphatic carbocycles. The molecular weight excluding hydrogens is 332 g/mol. The maximum atomic E-state index is 11.8. The smallest absolute Gasteiger partial charge is 0.319 e. The molecule has 108 valence electrons. The number of nitro groups is 1. The average molecular weight is 345 g/mol. The maximum absolute atomic E-state index is 11.8. The van der Waals surface area contributed by atoms with Crippen molar-refractivity contribution in [1.29, 1.82) is 0 Å². The Hall–Kier alpha value is -1.96. The minimum atomic E-state index is -1.70. The van der Waals surface area contributed by atoms with Crippen LogP contribution in [0, 0.1) is 15.5 Å². The first kappa shape index (κ1) is 16.1. The number of carbonyl (C=O) groups is 2. The highest BCUT2D eigenvalue weighted by Gasteiger charge is 2.41. The molecule has 0 aromatic heterocycles. The molecule has 1 atom stereocenters. The fraction of sp³-hybridized carbons (Fsp3) is 0.333. The van der Waals surface area contributed by atoms with Crippen molar-refractivity contribution in [2.45, 2.75) is 13.3 Å². The lowest BCUT2D eigenvalue weighted by Crippen LogP contribution is -2.44. The molecule has 20 heavy (non-hydrogen) atoms. The van der Waals surface area contributed by atoms with Gasteiger partial charge in [0.2, 0.25) is 5.91 Å². The van der Waals surface area contributed by atoms with E-state index in [1.165, 1.54) is 26.1 Å². The molecule has 0 saturated heterocycles. The number of aliphatic carboxylic acids is 1. The molecule has 0 aliphatic heterocycles. The third kappa shape index (κ3) is 2.96. The van der Waals surface area contributed by atoms with E-state index in [2.05, 4.69) is 21.2 Å². The number of carbonyl (C=O) groups excluding carboxylic acids is 1. The second-order valence-electron chi connectivity index (χ2n) is 4.40. The second-order valence-corrected chi connectivity index (χ2v) is 5.19. The molecule has 0 fully saturated rings. The first-order valence-electron chi connectivity index (χ1n) is 5.61. The van der Waals surface area contributed by atoms with E-state index >= 15 is 0 Å². The predicted octanol–water partition coefficient (Wildman–Crippen LogP) is 1.74. The Labute approximate surface area is 123 Å². The molecular formula is C12H13BrN2O5. The molecule has 0 spiro atoms. The van der Waals surface area contributed by atoms with Crippen LogP contribution >= 0.6 is 15.9 Å². The van der Waals surface area contributed by atoms with E-state index in [-0.39, 0.29) is 16.6 Å². The summed E-state index contributed by atoms with van der Waals surface area (Å²) >= 11 is 3.09. The Morgan fingerprint density at radius 2 is 2.10 bits per heavy atom. The van der Waals surface area contributed by atoms with Gasteiger partial charge in [-0.15, -0.1) is 0 Å². The van der Waals surface area contributed by atoms with E-state index < -0.39 is 22.2 Å². The molecule has 0 heterocycles. The lowest BCUT2D eigenvalue weighted by Gasteiger charge is -2.23. The van der Waals surface area contributed by atoms with Gasteiger partial charge in [0.1, 0.15) is 5.41 Å². The first-order chi connectivity index (χ1) is 9.24. The van der Waals surface area contributed by atoms with Crippen LogP contribution in [0.15, 0.2) is 22.7 Å². The fourth-order valence-corrected chi connectivity index (χ4v) is 2.30. The SMILES string of the molecule is CNC(=O)C(C)(Cc1cccc([N+](=O)[O-])c1Br)C(=O)O. The van der Waals surface area contributed by atoms with Crippen molar-refractivity contribution >= 4 is 33.5 Å². The molecule has 1 aromatic rings. The number of nitro benzene ring substituents is 1. The standard InChI is InChI=1S/C12H13BrN2O5/c1-12(11(17)18,10(16)14-2)6-7-4-3-5-8(9(7)13)15(19)20/h3-5H,6H2,1-2H3,(H,14,16)(H,17,18). The second kappa shape index (κ2) is 6.00. The Kier molecular flexibility index (Phi) is 4.83. The predicted molar refractivity (Wildman–Crippen MR) is 74.3 cm³/mol. The average Bonchev–Trinajstić information content (AvgIpc) is 2.39. The number of nitrogens with one attached hydrogen (secondary N) is 1. The minimum Gasteiger partial charge on any atom is -0.480 e. The molecule has 1 unspecified atom stereocenters. The van der Waals surface area contributed by atoms with Crippen molar-refractivity contribution in [1.82, 2.24) is 5.32 Å². The molecule has 0 saturated carbocycles. The van der Waals surface area contributed by atoms with E-state index in [0.717, 1.165) is 0 Å². The summed E-state index contributed by atoms with van der Waals surface area (Å²) in [5.74, 6) is -1.96. The van der Waals surface area contributed by atoms with Crippen LogP contribution in [0.25, 0.3) is 0 Å². The summed E-state index contributed by atoms with van der Waals surface area (Å²) < 4.78 is 0.182. The quantitative estimate of drug-likeness (QED) is 0.480. The normalized spacial score (nSPS) is 13.3. The van der Waals surface area contributed by atoms with Crippen LogP contribution in [0.2, 0.25) is 0 Å². The van der Waals surface area contributed by atoms with Gasteiger partial charge in [-0.25, -0.2) is 0 Å². The fourth-order valence-electron chi connectivity index (χ4n) is 1.75. The van der Waals surface area contributed by atoms with Gasteiger partial charge in [0, 0.05) is 13.1 Å². The van der Waals surface area contributed by atoms with E-state index in [0.29, 0.717) is 5.56 Å². The lowest BCUT2D eigenvalue weighted by atomic mass is 9.82. The largest absolute Gasteiger partial charge is 0.480 e. The molecule has 1 amide bonds.